The van der Waals surface area contributed by atoms with Crippen LogP contribution >= 0.6 is 0 Å². The molecule has 0 bridgehead atoms. The summed E-state index contributed by atoms with van der Waals surface area (Å²) in [6, 6.07) is 15.0. The molecular formula is C23H30N2O. The molecule has 26 heavy (non-hydrogen) atoms. The number of nitrogens with two attached hydrogens (primary N) is 2. The van der Waals surface area contributed by atoms with E-state index in [1.807, 2.05) is 18.4 Å². The first kappa shape index (κ1) is 18.7. The van der Waals surface area contributed by atoms with E-state index in [1.54, 1.807) is 0 Å². The Balaban J connectivity index is 1.90. The first-order valence-electron chi connectivity index (χ1n) is 9.78. The van der Waals surface area contributed by atoms with E-state index in [-0.39, 0.29) is 0 Å². The maximum Gasteiger partial charge on any atom is 0.134 e. The fourth-order valence-electron chi connectivity index (χ4n) is 3.66. The molecule has 0 fully saturated rings. The molecule has 3 heteroatoms. The zero-order valence-corrected chi connectivity index (χ0v) is 15.5. The Hall–Kier alpha value is -2.10. The third kappa shape index (κ3) is 4.54. The van der Waals surface area contributed by atoms with Gasteiger partial charge in [0.2, 0.25) is 0 Å². The van der Waals surface area contributed by atoms with Crippen LogP contribution in [0.1, 0.15) is 47.9 Å². The van der Waals surface area contributed by atoms with Crippen molar-refractivity contribution in [3.05, 3.63) is 71.0 Å². The molecule has 1 aromatic heterocycles. The highest BCUT2D eigenvalue weighted by Crippen LogP contribution is 2.27. The lowest BCUT2D eigenvalue weighted by Gasteiger charge is -2.15. The summed E-state index contributed by atoms with van der Waals surface area (Å²) in [5.41, 5.74) is 18.0. The number of furan rings is 1. The number of hydrogen-bond acceptors (Lipinski definition) is 3. The highest BCUT2D eigenvalue weighted by Gasteiger charge is 2.13. The van der Waals surface area contributed by atoms with Gasteiger partial charge in [0.15, 0.2) is 0 Å². The van der Waals surface area contributed by atoms with Gasteiger partial charge in [-0.3, -0.25) is 0 Å². The van der Waals surface area contributed by atoms with Gasteiger partial charge < -0.3 is 15.9 Å². The predicted octanol–water partition coefficient (Wildman–Crippen LogP) is 4.59. The van der Waals surface area contributed by atoms with Crippen LogP contribution in [0, 0.1) is 0 Å². The quantitative estimate of drug-likeness (QED) is 0.526. The average Bonchev–Trinajstić information content (AvgIpc) is 3.07. The SMILES string of the molecule is NCCCCc1cccc(CCCCN)c1Cc1coc2ccccc12. The zero-order valence-electron chi connectivity index (χ0n) is 15.5. The molecule has 0 atom stereocenters. The minimum atomic E-state index is 0.762. The smallest absolute Gasteiger partial charge is 0.134 e. The molecule has 0 amide bonds. The molecule has 0 aliphatic carbocycles. The highest BCUT2D eigenvalue weighted by atomic mass is 16.3. The van der Waals surface area contributed by atoms with Crippen LogP contribution in [-0.2, 0) is 19.3 Å². The summed E-state index contributed by atoms with van der Waals surface area (Å²) in [4.78, 5) is 0. The molecular weight excluding hydrogens is 320 g/mol. The molecule has 3 aromatic rings. The van der Waals surface area contributed by atoms with Crippen molar-refractivity contribution in [3.8, 4) is 0 Å². The average molecular weight is 351 g/mol. The second-order valence-corrected chi connectivity index (χ2v) is 6.98. The summed E-state index contributed by atoms with van der Waals surface area (Å²) in [6.45, 7) is 1.52. The number of hydrogen-bond donors (Lipinski definition) is 2. The summed E-state index contributed by atoms with van der Waals surface area (Å²) in [6.07, 6.45) is 9.46. The van der Waals surface area contributed by atoms with Crippen LogP contribution in [0.3, 0.4) is 0 Å². The predicted molar refractivity (Wildman–Crippen MR) is 109 cm³/mol. The van der Waals surface area contributed by atoms with Crippen molar-refractivity contribution < 1.29 is 4.42 Å². The van der Waals surface area contributed by atoms with Crippen LogP contribution in [0.15, 0.2) is 53.1 Å². The van der Waals surface area contributed by atoms with E-state index >= 15 is 0 Å². The lowest BCUT2D eigenvalue weighted by molar-refractivity contribution is 0.611. The van der Waals surface area contributed by atoms with E-state index in [0.717, 1.165) is 63.6 Å². The van der Waals surface area contributed by atoms with Gasteiger partial charge in [0.1, 0.15) is 5.58 Å². The molecule has 0 aliphatic rings. The van der Waals surface area contributed by atoms with Gasteiger partial charge in [-0.2, -0.15) is 0 Å². The van der Waals surface area contributed by atoms with Gasteiger partial charge in [0.25, 0.3) is 0 Å². The fraction of sp³-hybridized carbons (Fsp3) is 0.391. The van der Waals surface area contributed by atoms with Crippen molar-refractivity contribution in [3.63, 3.8) is 0 Å². The first-order chi connectivity index (χ1) is 12.8. The number of benzene rings is 2. The third-order valence-electron chi connectivity index (χ3n) is 5.10. The van der Waals surface area contributed by atoms with Gasteiger partial charge in [-0.1, -0.05) is 36.4 Å². The Morgan fingerprint density at radius 3 is 2.00 bits per heavy atom. The van der Waals surface area contributed by atoms with Crippen molar-refractivity contribution >= 4 is 11.0 Å². The minimum absolute atomic E-state index is 0.762. The molecule has 0 radical (unpaired) electrons. The fourth-order valence-corrected chi connectivity index (χ4v) is 3.66. The first-order valence-corrected chi connectivity index (χ1v) is 9.78. The highest BCUT2D eigenvalue weighted by molar-refractivity contribution is 5.81. The molecule has 0 spiro atoms. The van der Waals surface area contributed by atoms with Crippen molar-refractivity contribution in [1.29, 1.82) is 0 Å². The number of aryl methyl sites for hydroxylation is 2. The molecule has 3 nitrogen and oxygen atoms in total. The van der Waals surface area contributed by atoms with Gasteiger partial charge in [0.05, 0.1) is 6.26 Å². The molecule has 0 saturated carbocycles. The van der Waals surface area contributed by atoms with Crippen molar-refractivity contribution in [1.82, 2.24) is 0 Å². The summed E-state index contributed by atoms with van der Waals surface area (Å²) in [7, 11) is 0. The Morgan fingerprint density at radius 2 is 1.35 bits per heavy atom. The van der Waals surface area contributed by atoms with Crippen LogP contribution in [-0.4, -0.2) is 13.1 Å². The van der Waals surface area contributed by atoms with E-state index < -0.39 is 0 Å². The Labute approximate surface area is 156 Å². The van der Waals surface area contributed by atoms with E-state index in [0.29, 0.717) is 0 Å². The Kier molecular flexibility index (Phi) is 6.87. The van der Waals surface area contributed by atoms with Gasteiger partial charge in [0, 0.05) is 17.4 Å². The molecule has 0 aliphatic heterocycles. The lowest BCUT2D eigenvalue weighted by atomic mass is 9.90. The molecule has 2 aromatic carbocycles. The number of rotatable bonds is 10. The zero-order chi connectivity index (χ0) is 18.2. The molecule has 4 N–H and O–H groups in total. The van der Waals surface area contributed by atoms with E-state index in [9.17, 15) is 0 Å². The van der Waals surface area contributed by atoms with Crippen LogP contribution in [0.5, 0.6) is 0 Å². The lowest BCUT2D eigenvalue weighted by Crippen LogP contribution is -2.05. The van der Waals surface area contributed by atoms with Gasteiger partial charge in [-0.15, -0.1) is 0 Å². The second-order valence-electron chi connectivity index (χ2n) is 6.98. The summed E-state index contributed by atoms with van der Waals surface area (Å²) in [5.74, 6) is 0. The molecule has 138 valence electrons. The monoisotopic (exact) mass is 350 g/mol. The molecule has 1 heterocycles. The largest absolute Gasteiger partial charge is 0.464 e. The normalized spacial score (nSPS) is 11.3. The molecule has 3 rings (SSSR count). The number of para-hydroxylation sites is 1. The van der Waals surface area contributed by atoms with Crippen LogP contribution in [0.25, 0.3) is 11.0 Å². The van der Waals surface area contributed by atoms with E-state index in [1.165, 1.54) is 27.6 Å². The molecule has 0 saturated heterocycles. The maximum absolute atomic E-state index is 5.77. The van der Waals surface area contributed by atoms with Gasteiger partial charge in [-0.05, 0) is 74.4 Å². The summed E-state index contributed by atoms with van der Waals surface area (Å²) < 4.78 is 5.77. The minimum Gasteiger partial charge on any atom is -0.464 e. The van der Waals surface area contributed by atoms with Crippen molar-refractivity contribution in [2.75, 3.05) is 13.1 Å². The standard InChI is InChI=1S/C23H30N2O/c24-14-5-3-8-18-10-7-11-19(9-4-6-15-25)22(18)16-20-17-26-23-13-2-1-12-21(20)23/h1-2,7,10-13,17H,3-6,8-9,14-16,24-25H2. The Morgan fingerprint density at radius 1 is 0.692 bits per heavy atom. The number of fused-ring (bicyclic) bond motifs is 1. The van der Waals surface area contributed by atoms with Crippen molar-refractivity contribution in [2.24, 2.45) is 11.5 Å². The van der Waals surface area contributed by atoms with Gasteiger partial charge >= 0.3 is 0 Å². The number of unbranched alkanes of at least 4 members (excludes halogenated alkanes) is 2. The van der Waals surface area contributed by atoms with Crippen LogP contribution < -0.4 is 11.5 Å². The summed E-state index contributed by atoms with van der Waals surface area (Å²) >= 11 is 0. The Bertz CT molecular complexity index is 794. The van der Waals surface area contributed by atoms with E-state index in [4.69, 9.17) is 15.9 Å². The van der Waals surface area contributed by atoms with Gasteiger partial charge in [-0.25, -0.2) is 0 Å². The molecule has 0 unspecified atom stereocenters. The van der Waals surface area contributed by atoms with E-state index in [2.05, 4.69) is 30.3 Å². The second kappa shape index (κ2) is 9.56. The van der Waals surface area contributed by atoms with Crippen LogP contribution in [0.4, 0.5) is 0 Å². The van der Waals surface area contributed by atoms with Crippen molar-refractivity contribution in [2.45, 2.75) is 44.9 Å². The summed E-state index contributed by atoms with van der Waals surface area (Å²) in [5, 5.41) is 1.22. The third-order valence-corrected chi connectivity index (χ3v) is 5.10. The maximum atomic E-state index is 5.77. The topological polar surface area (TPSA) is 65.2 Å². The van der Waals surface area contributed by atoms with Crippen LogP contribution in [0.2, 0.25) is 0 Å².